The summed E-state index contributed by atoms with van der Waals surface area (Å²) in [5, 5.41) is 0. The van der Waals surface area contributed by atoms with Crippen LogP contribution in [0.5, 0.6) is 0 Å². The summed E-state index contributed by atoms with van der Waals surface area (Å²) < 4.78 is 16.8. The smallest absolute Gasteiger partial charge is 0.306 e. The van der Waals surface area contributed by atoms with Gasteiger partial charge in [0.25, 0.3) is 0 Å². The second-order valence-electron chi connectivity index (χ2n) is 20.5. The number of hydrogen-bond acceptors (Lipinski definition) is 6. The van der Waals surface area contributed by atoms with Crippen molar-refractivity contribution in [1.82, 2.24) is 0 Å². The molecule has 6 nitrogen and oxygen atoms in total. The van der Waals surface area contributed by atoms with Gasteiger partial charge >= 0.3 is 17.9 Å². The van der Waals surface area contributed by atoms with E-state index < -0.39 is 6.10 Å². The summed E-state index contributed by atoms with van der Waals surface area (Å²) in [5.41, 5.74) is 0. The Labute approximate surface area is 469 Å². The van der Waals surface area contributed by atoms with Crippen molar-refractivity contribution < 1.29 is 28.6 Å². The maximum absolute atomic E-state index is 12.8. The Bertz CT molecular complexity index is 1590. The van der Waals surface area contributed by atoms with Crippen LogP contribution >= 0.6 is 0 Å². The lowest BCUT2D eigenvalue weighted by Gasteiger charge is -2.18. The molecule has 0 fully saturated rings. The first-order valence-electron chi connectivity index (χ1n) is 31.5. The Morgan fingerprint density at radius 3 is 0.842 bits per heavy atom. The van der Waals surface area contributed by atoms with Crippen LogP contribution in [0.2, 0.25) is 0 Å². The fraction of sp³-hybridized carbons (Fsp3) is 0.671. The predicted molar refractivity (Wildman–Crippen MR) is 330 cm³/mol. The summed E-state index contributed by atoms with van der Waals surface area (Å²) >= 11 is 0. The summed E-state index contributed by atoms with van der Waals surface area (Å²) in [6, 6.07) is 0. The van der Waals surface area contributed by atoms with Crippen molar-refractivity contribution in [2.45, 2.75) is 290 Å². The average Bonchev–Trinajstić information content (AvgIpc) is 3.42. The number of allylic oxidation sites excluding steroid dienone is 20. The minimum atomic E-state index is -0.803. The van der Waals surface area contributed by atoms with Gasteiger partial charge in [-0.05, 0) is 122 Å². The van der Waals surface area contributed by atoms with Gasteiger partial charge in [0.1, 0.15) is 13.2 Å². The number of esters is 3. The first kappa shape index (κ1) is 71.8. The van der Waals surface area contributed by atoms with Crippen molar-refractivity contribution >= 4 is 17.9 Å². The zero-order valence-corrected chi connectivity index (χ0v) is 49.5. The molecule has 1 unspecified atom stereocenters. The number of ether oxygens (including phenoxy) is 3. The lowest BCUT2D eigenvalue weighted by atomic mass is 10.0. The van der Waals surface area contributed by atoms with E-state index in [9.17, 15) is 14.4 Å². The first-order chi connectivity index (χ1) is 37.5. The Hall–Kier alpha value is -4.19. The molecule has 0 aromatic heterocycles. The van der Waals surface area contributed by atoms with Gasteiger partial charge < -0.3 is 14.2 Å². The molecule has 0 radical (unpaired) electrons. The number of hydrogen-bond donors (Lipinski definition) is 0. The Morgan fingerprint density at radius 2 is 0.513 bits per heavy atom. The third kappa shape index (κ3) is 60.7. The Morgan fingerprint density at radius 1 is 0.276 bits per heavy atom. The van der Waals surface area contributed by atoms with Crippen LogP contribution in [0.1, 0.15) is 284 Å². The van der Waals surface area contributed by atoms with Gasteiger partial charge in [0.15, 0.2) is 6.10 Å². The second kappa shape index (κ2) is 63.3. The first-order valence-corrected chi connectivity index (χ1v) is 31.5. The highest BCUT2D eigenvalue weighted by Gasteiger charge is 2.19. The van der Waals surface area contributed by atoms with Gasteiger partial charge in [-0.15, -0.1) is 0 Å². The molecule has 432 valence electrons. The molecule has 0 aliphatic rings. The summed E-state index contributed by atoms with van der Waals surface area (Å²) in [6.45, 7) is 6.31. The molecule has 0 heterocycles. The van der Waals surface area contributed by atoms with Crippen LogP contribution in [0, 0.1) is 0 Å². The Kier molecular flexibility index (Phi) is 59.9. The van der Waals surface area contributed by atoms with Crippen molar-refractivity contribution in [2.75, 3.05) is 13.2 Å². The fourth-order valence-electron chi connectivity index (χ4n) is 8.52. The molecular formula is C70H116O6. The fourth-order valence-corrected chi connectivity index (χ4v) is 8.52. The molecule has 0 aliphatic carbocycles. The highest BCUT2D eigenvalue weighted by atomic mass is 16.6. The van der Waals surface area contributed by atoms with Crippen molar-refractivity contribution in [2.24, 2.45) is 0 Å². The molecule has 0 saturated carbocycles. The van der Waals surface area contributed by atoms with E-state index in [1.165, 1.54) is 109 Å². The van der Waals surface area contributed by atoms with Crippen molar-refractivity contribution in [1.29, 1.82) is 0 Å². The van der Waals surface area contributed by atoms with Gasteiger partial charge in [-0.3, -0.25) is 14.4 Å². The highest BCUT2D eigenvalue weighted by molar-refractivity contribution is 5.71. The van der Waals surface area contributed by atoms with E-state index in [0.29, 0.717) is 19.3 Å². The van der Waals surface area contributed by atoms with E-state index in [0.717, 1.165) is 128 Å². The molecule has 6 heteroatoms. The van der Waals surface area contributed by atoms with Gasteiger partial charge in [0.2, 0.25) is 0 Å². The molecule has 0 amide bonds. The van der Waals surface area contributed by atoms with Crippen LogP contribution in [0.3, 0.4) is 0 Å². The maximum atomic E-state index is 12.8. The molecule has 0 saturated heterocycles. The summed E-state index contributed by atoms with van der Waals surface area (Å²) in [4.78, 5) is 38.1. The largest absolute Gasteiger partial charge is 0.462 e. The van der Waals surface area contributed by atoms with Crippen molar-refractivity contribution in [3.8, 4) is 0 Å². The lowest BCUT2D eigenvalue weighted by Crippen LogP contribution is -2.30. The van der Waals surface area contributed by atoms with Gasteiger partial charge in [0, 0.05) is 19.3 Å². The molecule has 76 heavy (non-hydrogen) atoms. The summed E-state index contributed by atoms with van der Waals surface area (Å²) in [7, 11) is 0. The minimum absolute atomic E-state index is 0.0972. The quantitative estimate of drug-likeness (QED) is 0.0261. The van der Waals surface area contributed by atoms with Crippen LogP contribution in [-0.4, -0.2) is 37.2 Å². The molecule has 0 N–H and O–H groups in total. The standard InChI is InChI=1S/C70H116O6/c1-4-7-10-13-16-19-22-24-26-27-28-29-30-31-32-33-34-35-36-37-38-39-40-41-42-43-45-46-48-51-54-57-60-63-69(72)75-66-67(65-74-68(71)62-59-56-53-50-21-18-15-12-9-6-3)76-70(73)64-61-58-55-52-49-47-44-25-23-20-17-14-11-8-5-2/h7-8,10-12,15-17,19-20,24-26,28-29,31-32,44,49,52,67H,4-6,9,13-14,18,21-23,27,30,33-43,45-48,50-51,53-66H2,1-3H3/b10-7-,11-8-,15-12-,19-16-,20-17-,26-24-,29-28-,32-31-,44-25-,52-49-. The SMILES string of the molecule is CC/C=C\C/C=C\C/C=C\C/C=C\C/C=C\CCCCCCCCCCCCCCCCCCCC(=O)OCC(COC(=O)CCCCCCC/C=C\CCC)OC(=O)CCCC/C=C\C/C=C\C/C=C\C/C=C\CC. The van der Waals surface area contributed by atoms with E-state index in [4.69, 9.17) is 14.2 Å². The third-order valence-electron chi connectivity index (χ3n) is 13.2. The highest BCUT2D eigenvalue weighted by Crippen LogP contribution is 2.16. The van der Waals surface area contributed by atoms with Crippen LogP contribution in [-0.2, 0) is 28.6 Å². The normalized spacial score (nSPS) is 12.9. The van der Waals surface area contributed by atoms with Crippen LogP contribution in [0.15, 0.2) is 122 Å². The van der Waals surface area contributed by atoms with Crippen molar-refractivity contribution in [3.63, 3.8) is 0 Å². The zero-order valence-electron chi connectivity index (χ0n) is 49.5. The molecule has 0 bridgehead atoms. The minimum Gasteiger partial charge on any atom is -0.462 e. The van der Waals surface area contributed by atoms with E-state index in [1.807, 2.05) is 0 Å². The molecule has 0 aromatic rings. The van der Waals surface area contributed by atoms with Crippen LogP contribution in [0.4, 0.5) is 0 Å². The van der Waals surface area contributed by atoms with Gasteiger partial charge in [0.05, 0.1) is 0 Å². The zero-order chi connectivity index (χ0) is 55.0. The average molecular weight is 1050 g/mol. The van der Waals surface area contributed by atoms with Crippen LogP contribution in [0.25, 0.3) is 0 Å². The summed E-state index contributed by atoms with van der Waals surface area (Å²) in [5.74, 6) is -0.948. The van der Waals surface area contributed by atoms with Crippen molar-refractivity contribution in [3.05, 3.63) is 122 Å². The maximum Gasteiger partial charge on any atom is 0.306 e. The number of unbranched alkanes of at least 4 members (excludes halogenated alkanes) is 25. The van der Waals surface area contributed by atoms with Gasteiger partial charge in [-0.25, -0.2) is 0 Å². The second-order valence-corrected chi connectivity index (χ2v) is 20.5. The van der Waals surface area contributed by atoms with E-state index >= 15 is 0 Å². The monoisotopic (exact) mass is 1050 g/mol. The molecule has 0 aromatic carbocycles. The van der Waals surface area contributed by atoms with Crippen LogP contribution < -0.4 is 0 Å². The van der Waals surface area contributed by atoms with Gasteiger partial charge in [-0.1, -0.05) is 264 Å². The van der Waals surface area contributed by atoms with E-state index in [2.05, 4.69) is 142 Å². The number of carbonyl (C=O) groups is 3. The molecule has 0 aliphatic heterocycles. The molecule has 0 rings (SSSR count). The number of rotatable bonds is 56. The lowest BCUT2D eigenvalue weighted by molar-refractivity contribution is -0.167. The molecule has 1 atom stereocenters. The third-order valence-corrected chi connectivity index (χ3v) is 13.2. The topological polar surface area (TPSA) is 78.9 Å². The number of carbonyl (C=O) groups excluding carboxylic acids is 3. The Balaban J connectivity index is 4.14. The van der Waals surface area contributed by atoms with E-state index in [1.54, 1.807) is 0 Å². The molecule has 0 spiro atoms. The molecular weight excluding hydrogens is 937 g/mol. The predicted octanol–water partition coefficient (Wildman–Crippen LogP) is 21.6. The van der Waals surface area contributed by atoms with Gasteiger partial charge in [-0.2, -0.15) is 0 Å². The van der Waals surface area contributed by atoms with E-state index in [-0.39, 0.29) is 37.5 Å². The summed E-state index contributed by atoms with van der Waals surface area (Å²) in [6.07, 6.45) is 88.1.